The van der Waals surface area contributed by atoms with Crippen LogP contribution in [0.15, 0.2) is 58.3 Å². The van der Waals surface area contributed by atoms with Crippen LogP contribution in [0.1, 0.15) is 18.5 Å². The largest absolute Gasteiger partial charge is 0.495 e. The molecule has 2 N–H and O–H groups in total. The van der Waals surface area contributed by atoms with Crippen molar-refractivity contribution in [2.24, 2.45) is 0 Å². The second-order valence-corrected chi connectivity index (χ2v) is 6.74. The van der Waals surface area contributed by atoms with E-state index in [2.05, 4.69) is 20.4 Å². The minimum absolute atomic E-state index is 0.188. The van der Waals surface area contributed by atoms with Crippen molar-refractivity contribution in [3.63, 3.8) is 0 Å². The predicted molar refractivity (Wildman–Crippen MR) is 108 cm³/mol. The molecule has 7 nitrogen and oxygen atoms in total. The number of methoxy groups -OCH3 is 1. The van der Waals surface area contributed by atoms with Gasteiger partial charge in [-0.25, -0.2) is 4.98 Å². The number of hydrogen-bond donors (Lipinski definition) is 2. The number of halogens is 1. The van der Waals surface area contributed by atoms with E-state index in [0.29, 0.717) is 27.7 Å². The summed E-state index contributed by atoms with van der Waals surface area (Å²) in [5.41, 5.74) is 2.82. The predicted octanol–water partition coefficient (Wildman–Crippen LogP) is 4.41. The Kier molecular flexibility index (Phi) is 4.75. The molecule has 142 valence electrons. The van der Waals surface area contributed by atoms with Crippen molar-refractivity contribution in [2.45, 2.75) is 13.0 Å². The Bertz CT molecular complexity index is 1190. The molecular formula is C20H17ClN4O3. The molecule has 1 aromatic carbocycles. The summed E-state index contributed by atoms with van der Waals surface area (Å²) in [5, 5.41) is 8.28. The number of nitrogens with zero attached hydrogens (tertiary/aromatic N) is 2. The second kappa shape index (κ2) is 7.36. The average Bonchev–Trinajstić information content (AvgIpc) is 3.22. The maximum absolute atomic E-state index is 12.6. The summed E-state index contributed by atoms with van der Waals surface area (Å²) < 4.78 is 10.1. The molecule has 0 aliphatic heterocycles. The standard InChI is InChI=1S/C20H17ClN4O3/c1-11(24-19-7-12(3-4-22-19)14-9-23-28-10-14)15-5-13-6-16(21)18(27-2)8-17(13)25-20(15)26/h3-11H,1-2H3,(H,22,24)(H,25,26)/t11-/m0/s1. The number of ether oxygens (including phenoxy) is 1. The SMILES string of the molecule is COc1cc2[nH]c(=O)c([C@H](C)Nc3cc(-c4cnoc4)ccn3)cc2cc1Cl. The van der Waals surface area contributed by atoms with Gasteiger partial charge in [-0.2, -0.15) is 0 Å². The highest BCUT2D eigenvalue weighted by molar-refractivity contribution is 6.32. The highest BCUT2D eigenvalue weighted by Crippen LogP contribution is 2.30. The lowest BCUT2D eigenvalue weighted by Gasteiger charge is -2.15. The molecule has 0 bridgehead atoms. The lowest BCUT2D eigenvalue weighted by atomic mass is 10.1. The number of pyridine rings is 2. The Morgan fingerprint density at radius 3 is 2.86 bits per heavy atom. The smallest absolute Gasteiger partial charge is 0.253 e. The van der Waals surface area contributed by atoms with Crippen molar-refractivity contribution >= 4 is 28.3 Å². The van der Waals surface area contributed by atoms with Crippen LogP contribution in [0.25, 0.3) is 22.0 Å². The lowest BCUT2D eigenvalue weighted by molar-refractivity contribution is 0.415. The van der Waals surface area contributed by atoms with Crippen LogP contribution in [0, 0.1) is 0 Å². The van der Waals surface area contributed by atoms with E-state index in [0.717, 1.165) is 16.5 Å². The molecule has 0 radical (unpaired) electrons. The first-order valence-electron chi connectivity index (χ1n) is 8.58. The Hall–Kier alpha value is -3.32. The summed E-state index contributed by atoms with van der Waals surface area (Å²) in [6.07, 6.45) is 4.89. The van der Waals surface area contributed by atoms with E-state index in [9.17, 15) is 4.79 Å². The Labute approximate surface area is 165 Å². The summed E-state index contributed by atoms with van der Waals surface area (Å²) in [5.74, 6) is 1.15. The zero-order chi connectivity index (χ0) is 19.7. The van der Waals surface area contributed by atoms with Crippen molar-refractivity contribution in [2.75, 3.05) is 12.4 Å². The van der Waals surface area contributed by atoms with Gasteiger partial charge in [0.2, 0.25) is 0 Å². The van der Waals surface area contributed by atoms with Crippen LogP contribution in [-0.2, 0) is 0 Å². The molecule has 0 saturated heterocycles. The van der Waals surface area contributed by atoms with Gasteiger partial charge in [0.25, 0.3) is 5.56 Å². The molecule has 0 saturated carbocycles. The minimum atomic E-state index is -0.278. The molecule has 0 aliphatic rings. The van der Waals surface area contributed by atoms with Crippen LogP contribution < -0.4 is 15.6 Å². The number of hydrogen-bond acceptors (Lipinski definition) is 6. The molecule has 4 rings (SSSR count). The highest BCUT2D eigenvalue weighted by atomic mass is 35.5. The molecular weight excluding hydrogens is 380 g/mol. The molecule has 0 aliphatic carbocycles. The number of fused-ring (bicyclic) bond motifs is 1. The minimum Gasteiger partial charge on any atom is -0.495 e. The molecule has 3 aromatic heterocycles. The van der Waals surface area contributed by atoms with Gasteiger partial charge in [-0.1, -0.05) is 16.8 Å². The number of aromatic amines is 1. The fourth-order valence-corrected chi connectivity index (χ4v) is 3.29. The lowest BCUT2D eigenvalue weighted by Crippen LogP contribution is -2.19. The molecule has 0 fully saturated rings. The first kappa shape index (κ1) is 18.1. The third-order valence-electron chi connectivity index (χ3n) is 4.50. The molecule has 3 heterocycles. The number of H-pyrrole nitrogens is 1. The zero-order valence-electron chi connectivity index (χ0n) is 15.2. The Morgan fingerprint density at radius 1 is 1.25 bits per heavy atom. The van der Waals surface area contributed by atoms with E-state index in [1.807, 2.05) is 25.1 Å². The summed E-state index contributed by atoms with van der Waals surface area (Å²) in [4.78, 5) is 19.8. The van der Waals surface area contributed by atoms with Crippen molar-refractivity contribution in [1.29, 1.82) is 0 Å². The molecule has 0 spiro atoms. The monoisotopic (exact) mass is 396 g/mol. The molecule has 0 amide bonds. The van der Waals surface area contributed by atoms with Crippen LogP contribution in [-0.4, -0.2) is 22.2 Å². The summed E-state index contributed by atoms with van der Waals surface area (Å²) >= 11 is 6.22. The van der Waals surface area contributed by atoms with Crippen LogP contribution >= 0.6 is 11.6 Å². The number of aromatic nitrogens is 3. The molecule has 28 heavy (non-hydrogen) atoms. The molecule has 0 unspecified atom stereocenters. The van der Waals surface area contributed by atoms with Gasteiger partial charge in [0.15, 0.2) is 0 Å². The van der Waals surface area contributed by atoms with Gasteiger partial charge in [0.05, 0.1) is 29.9 Å². The van der Waals surface area contributed by atoms with Gasteiger partial charge in [-0.15, -0.1) is 0 Å². The molecule has 1 atom stereocenters. The third-order valence-corrected chi connectivity index (χ3v) is 4.80. The van der Waals surface area contributed by atoms with E-state index in [1.165, 1.54) is 7.11 Å². The zero-order valence-corrected chi connectivity index (χ0v) is 15.9. The number of rotatable bonds is 5. The maximum Gasteiger partial charge on any atom is 0.253 e. The van der Waals surface area contributed by atoms with Crippen molar-refractivity contribution < 1.29 is 9.26 Å². The Balaban J connectivity index is 1.65. The molecule has 8 heteroatoms. The average molecular weight is 397 g/mol. The number of anilines is 1. The van der Waals surface area contributed by atoms with Crippen molar-refractivity contribution in [1.82, 2.24) is 15.1 Å². The third kappa shape index (κ3) is 3.44. The summed E-state index contributed by atoms with van der Waals surface area (Å²) in [7, 11) is 1.53. The summed E-state index contributed by atoms with van der Waals surface area (Å²) in [6, 6.07) is 8.76. The first-order valence-corrected chi connectivity index (χ1v) is 8.96. The van der Waals surface area contributed by atoms with E-state index >= 15 is 0 Å². The fourth-order valence-electron chi connectivity index (χ4n) is 3.04. The van der Waals surface area contributed by atoms with E-state index in [1.54, 1.807) is 30.8 Å². The topological polar surface area (TPSA) is 93.0 Å². The van der Waals surface area contributed by atoms with Crippen molar-refractivity contribution in [3.8, 4) is 16.9 Å². The number of nitrogens with one attached hydrogen (secondary N) is 2. The highest BCUT2D eigenvalue weighted by Gasteiger charge is 2.14. The molecule has 4 aromatic rings. The normalized spacial score (nSPS) is 12.1. The van der Waals surface area contributed by atoms with Gasteiger partial charge in [0.1, 0.15) is 17.8 Å². The Morgan fingerprint density at radius 2 is 2.11 bits per heavy atom. The number of benzene rings is 1. The quantitative estimate of drug-likeness (QED) is 0.519. The van der Waals surface area contributed by atoms with Gasteiger partial charge in [-0.3, -0.25) is 4.79 Å². The van der Waals surface area contributed by atoms with E-state index in [-0.39, 0.29) is 11.6 Å². The van der Waals surface area contributed by atoms with Crippen LogP contribution in [0.2, 0.25) is 5.02 Å². The van der Waals surface area contributed by atoms with Crippen molar-refractivity contribution in [3.05, 3.63) is 69.9 Å². The second-order valence-electron chi connectivity index (χ2n) is 6.34. The van der Waals surface area contributed by atoms with E-state index in [4.69, 9.17) is 20.9 Å². The fraction of sp³-hybridized carbons (Fsp3) is 0.150. The van der Waals surface area contributed by atoms with Gasteiger partial charge >= 0.3 is 0 Å². The van der Waals surface area contributed by atoms with Crippen LogP contribution in [0.5, 0.6) is 5.75 Å². The maximum atomic E-state index is 12.6. The summed E-state index contributed by atoms with van der Waals surface area (Å²) in [6.45, 7) is 1.90. The van der Waals surface area contributed by atoms with Crippen LogP contribution in [0.4, 0.5) is 5.82 Å². The first-order chi connectivity index (χ1) is 13.5. The van der Waals surface area contributed by atoms with Crippen LogP contribution in [0.3, 0.4) is 0 Å². The van der Waals surface area contributed by atoms with E-state index < -0.39 is 0 Å². The van der Waals surface area contributed by atoms with Gasteiger partial charge in [0, 0.05) is 28.8 Å². The van der Waals surface area contributed by atoms with Gasteiger partial charge in [-0.05, 0) is 36.8 Å². The van der Waals surface area contributed by atoms with Gasteiger partial charge < -0.3 is 19.6 Å².